The highest BCUT2D eigenvalue weighted by atomic mass is 79.9. The third-order valence-electron chi connectivity index (χ3n) is 4.88. The van der Waals surface area contributed by atoms with Gasteiger partial charge < -0.3 is 24.6 Å². The number of ether oxygens (including phenoxy) is 2. The van der Waals surface area contributed by atoms with Gasteiger partial charge in [-0.3, -0.25) is 9.59 Å². The minimum atomic E-state index is -0.752. The summed E-state index contributed by atoms with van der Waals surface area (Å²) in [5.41, 5.74) is 1.13. The molecule has 2 aromatic rings. The molecule has 2 N–H and O–H groups in total. The minimum Gasteiger partial charge on any atom is -0.507 e. The van der Waals surface area contributed by atoms with E-state index in [0.29, 0.717) is 23.5 Å². The van der Waals surface area contributed by atoms with Crippen molar-refractivity contribution in [3.8, 4) is 5.75 Å². The average molecular weight is 490 g/mol. The number of benzene rings is 2. The second kappa shape index (κ2) is 10.6. The maximum atomic E-state index is 12.9. The molecule has 0 radical (unpaired) electrons. The zero-order valence-corrected chi connectivity index (χ0v) is 18.7. The summed E-state index contributed by atoms with van der Waals surface area (Å²) in [6.07, 6.45) is 0. The fourth-order valence-corrected chi connectivity index (χ4v) is 3.73. The van der Waals surface area contributed by atoms with E-state index < -0.39 is 17.7 Å². The number of likely N-dealkylation sites (tertiary alicyclic amines) is 1. The van der Waals surface area contributed by atoms with Crippen LogP contribution in [0.4, 0.5) is 0 Å². The molecule has 1 atom stereocenters. The lowest BCUT2D eigenvalue weighted by Gasteiger charge is -2.25. The lowest BCUT2D eigenvalue weighted by Crippen LogP contribution is -2.33. The van der Waals surface area contributed by atoms with E-state index in [2.05, 4.69) is 15.9 Å². The van der Waals surface area contributed by atoms with Crippen LogP contribution in [-0.4, -0.2) is 59.8 Å². The number of aliphatic hydroxyl groups excluding tert-OH is 2. The summed E-state index contributed by atoms with van der Waals surface area (Å²) in [4.78, 5) is 27.1. The molecule has 1 aliphatic rings. The van der Waals surface area contributed by atoms with E-state index >= 15 is 0 Å². The summed E-state index contributed by atoms with van der Waals surface area (Å²) < 4.78 is 11.6. The predicted molar refractivity (Wildman–Crippen MR) is 119 cm³/mol. The van der Waals surface area contributed by atoms with Gasteiger partial charge in [0.25, 0.3) is 11.7 Å². The molecule has 1 saturated heterocycles. The molecule has 7 nitrogen and oxygen atoms in total. The maximum Gasteiger partial charge on any atom is 0.295 e. The molecular formula is C23H24BrNO6. The number of amides is 1. The highest BCUT2D eigenvalue weighted by molar-refractivity contribution is 9.10. The monoisotopic (exact) mass is 489 g/mol. The first-order valence-electron chi connectivity index (χ1n) is 9.93. The Kier molecular flexibility index (Phi) is 7.84. The molecule has 0 bridgehead atoms. The summed E-state index contributed by atoms with van der Waals surface area (Å²) >= 11 is 3.39. The van der Waals surface area contributed by atoms with Gasteiger partial charge in [-0.25, -0.2) is 0 Å². The molecule has 0 aliphatic carbocycles. The van der Waals surface area contributed by atoms with Gasteiger partial charge in [-0.05, 0) is 48.9 Å². The minimum absolute atomic E-state index is 0.0265. The van der Waals surface area contributed by atoms with Crippen LogP contribution in [-0.2, 0) is 14.3 Å². The number of Topliss-reactive ketones (excluding diaryl/α,β-unsaturated/α-hetero) is 1. The first kappa shape index (κ1) is 23.0. The molecule has 0 aromatic heterocycles. The Labute approximate surface area is 189 Å². The van der Waals surface area contributed by atoms with Crippen LogP contribution >= 0.6 is 15.9 Å². The lowest BCUT2D eigenvalue weighted by atomic mass is 9.95. The Morgan fingerprint density at radius 2 is 1.74 bits per heavy atom. The Morgan fingerprint density at radius 1 is 1.06 bits per heavy atom. The second-order valence-corrected chi connectivity index (χ2v) is 7.75. The smallest absolute Gasteiger partial charge is 0.295 e. The van der Waals surface area contributed by atoms with Gasteiger partial charge in [-0.15, -0.1) is 0 Å². The van der Waals surface area contributed by atoms with E-state index in [1.54, 1.807) is 36.4 Å². The van der Waals surface area contributed by atoms with Gasteiger partial charge in [0, 0.05) is 16.6 Å². The molecule has 0 unspecified atom stereocenters. The molecule has 164 valence electrons. The van der Waals surface area contributed by atoms with Crippen molar-refractivity contribution in [2.75, 3.05) is 33.0 Å². The van der Waals surface area contributed by atoms with Gasteiger partial charge in [0.05, 0.1) is 38.0 Å². The number of aliphatic hydroxyl groups is 2. The number of carbonyl (C=O) groups is 2. The molecule has 0 saturated carbocycles. The van der Waals surface area contributed by atoms with E-state index in [-0.39, 0.29) is 37.7 Å². The molecule has 3 rings (SSSR count). The van der Waals surface area contributed by atoms with Crippen molar-refractivity contribution in [3.63, 3.8) is 0 Å². The van der Waals surface area contributed by atoms with Gasteiger partial charge in [-0.2, -0.15) is 0 Å². The molecular weight excluding hydrogens is 466 g/mol. The van der Waals surface area contributed by atoms with Crippen LogP contribution in [0.25, 0.3) is 5.76 Å². The van der Waals surface area contributed by atoms with E-state index in [1.807, 2.05) is 19.1 Å². The number of hydrogen-bond acceptors (Lipinski definition) is 6. The summed E-state index contributed by atoms with van der Waals surface area (Å²) in [7, 11) is 0. The summed E-state index contributed by atoms with van der Waals surface area (Å²) in [5.74, 6) is -1.05. The van der Waals surface area contributed by atoms with Crippen LogP contribution in [0.3, 0.4) is 0 Å². The number of ketones is 1. The van der Waals surface area contributed by atoms with Gasteiger partial charge in [0.15, 0.2) is 0 Å². The largest absolute Gasteiger partial charge is 0.507 e. The van der Waals surface area contributed by atoms with Crippen molar-refractivity contribution in [3.05, 3.63) is 69.7 Å². The van der Waals surface area contributed by atoms with Crippen LogP contribution in [0.5, 0.6) is 5.75 Å². The van der Waals surface area contributed by atoms with Gasteiger partial charge >= 0.3 is 0 Å². The third kappa shape index (κ3) is 5.15. The van der Waals surface area contributed by atoms with Crippen molar-refractivity contribution in [1.29, 1.82) is 0 Å². The van der Waals surface area contributed by atoms with Crippen LogP contribution in [0.15, 0.2) is 58.6 Å². The topological polar surface area (TPSA) is 96.3 Å². The predicted octanol–water partition coefficient (Wildman–Crippen LogP) is 3.28. The van der Waals surface area contributed by atoms with Crippen molar-refractivity contribution in [2.45, 2.75) is 13.0 Å². The maximum absolute atomic E-state index is 12.9. The van der Waals surface area contributed by atoms with Crippen molar-refractivity contribution >= 4 is 33.4 Å². The van der Waals surface area contributed by atoms with Crippen LogP contribution < -0.4 is 4.74 Å². The fraction of sp³-hybridized carbons (Fsp3) is 0.304. The van der Waals surface area contributed by atoms with Gasteiger partial charge in [-0.1, -0.05) is 28.1 Å². The number of hydrogen-bond donors (Lipinski definition) is 2. The van der Waals surface area contributed by atoms with Crippen molar-refractivity contribution < 1.29 is 29.3 Å². The normalized spacial score (nSPS) is 17.9. The Morgan fingerprint density at radius 3 is 2.35 bits per heavy atom. The van der Waals surface area contributed by atoms with E-state index in [0.717, 1.165) is 4.47 Å². The van der Waals surface area contributed by atoms with E-state index in [4.69, 9.17) is 14.6 Å². The standard InChI is InChI=1S/C23H24BrNO6/c1-2-31-18-9-5-16(6-10-18)21(27)19-20(15-3-7-17(24)8-4-15)25(23(29)22(19)28)11-13-30-14-12-26/h3-10,20,26-27H,2,11-14H2,1H3/t20-/m0/s1. The number of nitrogens with zero attached hydrogens (tertiary/aromatic N) is 1. The molecule has 2 aromatic carbocycles. The average Bonchev–Trinajstić information content (AvgIpc) is 3.02. The van der Waals surface area contributed by atoms with E-state index in [1.165, 1.54) is 4.90 Å². The molecule has 1 heterocycles. The SMILES string of the molecule is CCOc1ccc(C(O)=C2C(=O)C(=O)N(CCOCCO)[C@H]2c2ccc(Br)cc2)cc1. The highest BCUT2D eigenvalue weighted by Gasteiger charge is 2.45. The fourth-order valence-electron chi connectivity index (χ4n) is 3.46. The van der Waals surface area contributed by atoms with E-state index in [9.17, 15) is 14.7 Å². The summed E-state index contributed by atoms with van der Waals surface area (Å²) in [6, 6.07) is 13.2. The number of carbonyl (C=O) groups excluding carboxylic acids is 2. The van der Waals surface area contributed by atoms with Crippen LogP contribution in [0.1, 0.15) is 24.1 Å². The quantitative estimate of drug-likeness (QED) is 0.243. The third-order valence-corrected chi connectivity index (χ3v) is 5.41. The van der Waals surface area contributed by atoms with Crippen molar-refractivity contribution in [1.82, 2.24) is 4.90 Å². The molecule has 1 amide bonds. The lowest BCUT2D eigenvalue weighted by molar-refractivity contribution is -0.140. The number of halogens is 1. The first-order chi connectivity index (χ1) is 15.0. The molecule has 31 heavy (non-hydrogen) atoms. The Bertz CT molecular complexity index is 955. The Hall–Kier alpha value is -2.68. The molecule has 8 heteroatoms. The molecule has 1 fully saturated rings. The summed E-state index contributed by atoms with van der Waals surface area (Å²) in [6.45, 7) is 2.69. The zero-order valence-electron chi connectivity index (χ0n) is 17.1. The second-order valence-electron chi connectivity index (χ2n) is 6.84. The summed E-state index contributed by atoms with van der Waals surface area (Å²) in [5, 5.41) is 19.9. The highest BCUT2D eigenvalue weighted by Crippen LogP contribution is 2.39. The zero-order chi connectivity index (χ0) is 22.4. The molecule has 1 aliphatic heterocycles. The van der Waals surface area contributed by atoms with Gasteiger partial charge in [0.2, 0.25) is 0 Å². The van der Waals surface area contributed by atoms with Gasteiger partial charge in [0.1, 0.15) is 11.5 Å². The Balaban J connectivity index is 2.02. The first-order valence-corrected chi connectivity index (χ1v) is 10.7. The van der Waals surface area contributed by atoms with Crippen molar-refractivity contribution in [2.24, 2.45) is 0 Å². The van der Waals surface area contributed by atoms with Crippen LogP contribution in [0.2, 0.25) is 0 Å². The van der Waals surface area contributed by atoms with Crippen LogP contribution in [0, 0.1) is 0 Å². The molecule has 0 spiro atoms. The number of rotatable bonds is 9.